The van der Waals surface area contributed by atoms with Gasteiger partial charge in [0.05, 0.1) is 17.0 Å². The second-order valence-electron chi connectivity index (χ2n) is 6.81. The Morgan fingerprint density at radius 1 is 1.29 bits per heavy atom. The molecule has 0 radical (unpaired) electrons. The molecule has 0 bridgehead atoms. The van der Waals surface area contributed by atoms with Gasteiger partial charge in [-0.05, 0) is 57.2 Å². The molecule has 1 fully saturated rings. The van der Waals surface area contributed by atoms with E-state index < -0.39 is 0 Å². The Balaban J connectivity index is 1.72. The first kappa shape index (κ1) is 16.7. The maximum absolute atomic E-state index is 12.0. The number of Topliss-reactive ketones (excluding diaryl/α,β-unsaturated/α-hetero) is 1. The number of rotatable bonds is 5. The third kappa shape index (κ3) is 3.53. The van der Waals surface area contributed by atoms with Gasteiger partial charge in [0.15, 0.2) is 0 Å². The van der Waals surface area contributed by atoms with Gasteiger partial charge in [-0.25, -0.2) is 0 Å². The van der Waals surface area contributed by atoms with E-state index >= 15 is 0 Å². The standard InChI is InChI=1S/C20H26N2O2/c1-3-5-18(23)14-8-10-15(11-9-14)24-19-7-4-6-17-20(19)16(21)12-13(2)22-17/h4,6-7,12,14-15H,3,5,8-11H2,1-2H3,(H2,21,22). The number of nitrogens with zero attached hydrogens (tertiary/aromatic N) is 1. The van der Waals surface area contributed by atoms with Crippen molar-refractivity contribution < 1.29 is 9.53 Å². The first-order chi connectivity index (χ1) is 11.6. The summed E-state index contributed by atoms with van der Waals surface area (Å²) >= 11 is 0. The molecule has 0 unspecified atom stereocenters. The summed E-state index contributed by atoms with van der Waals surface area (Å²) in [5, 5.41) is 0.896. The number of aryl methyl sites for hydroxylation is 1. The van der Waals surface area contributed by atoms with E-state index in [1.54, 1.807) is 0 Å². The van der Waals surface area contributed by atoms with Crippen molar-refractivity contribution in [2.24, 2.45) is 5.92 Å². The third-order valence-electron chi connectivity index (χ3n) is 4.87. The van der Waals surface area contributed by atoms with Crippen molar-refractivity contribution in [1.29, 1.82) is 0 Å². The molecule has 24 heavy (non-hydrogen) atoms. The van der Waals surface area contributed by atoms with Crippen LogP contribution in [0.3, 0.4) is 0 Å². The number of carbonyl (C=O) groups excluding carboxylic acids is 1. The summed E-state index contributed by atoms with van der Waals surface area (Å²) in [6, 6.07) is 7.77. The average molecular weight is 326 g/mol. The molecule has 4 heteroatoms. The van der Waals surface area contributed by atoms with Crippen LogP contribution in [0.2, 0.25) is 0 Å². The van der Waals surface area contributed by atoms with E-state index in [1.165, 1.54) is 0 Å². The van der Waals surface area contributed by atoms with Gasteiger partial charge >= 0.3 is 0 Å². The summed E-state index contributed by atoms with van der Waals surface area (Å²) in [6.07, 6.45) is 5.52. The number of anilines is 1. The van der Waals surface area contributed by atoms with Crippen molar-refractivity contribution in [3.8, 4) is 5.75 Å². The smallest absolute Gasteiger partial charge is 0.135 e. The topological polar surface area (TPSA) is 65.2 Å². The van der Waals surface area contributed by atoms with E-state index in [-0.39, 0.29) is 12.0 Å². The van der Waals surface area contributed by atoms with Crippen molar-refractivity contribution in [3.63, 3.8) is 0 Å². The zero-order valence-corrected chi connectivity index (χ0v) is 14.5. The van der Waals surface area contributed by atoms with Crippen LogP contribution in [0.4, 0.5) is 5.69 Å². The summed E-state index contributed by atoms with van der Waals surface area (Å²) in [4.78, 5) is 16.6. The number of hydrogen-bond acceptors (Lipinski definition) is 4. The minimum absolute atomic E-state index is 0.155. The highest BCUT2D eigenvalue weighted by molar-refractivity contribution is 5.95. The molecule has 1 aromatic carbocycles. The van der Waals surface area contributed by atoms with E-state index in [0.29, 0.717) is 17.9 Å². The Kier molecular flexibility index (Phi) is 5.03. The van der Waals surface area contributed by atoms with Crippen LogP contribution in [0.5, 0.6) is 5.75 Å². The lowest BCUT2D eigenvalue weighted by Crippen LogP contribution is -2.28. The number of aromatic nitrogens is 1. The summed E-state index contributed by atoms with van der Waals surface area (Å²) in [6.45, 7) is 4.01. The molecule has 1 aromatic heterocycles. The number of nitrogen functional groups attached to an aromatic ring is 1. The number of ether oxygens (including phenoxy) is 1. The summed E-state index contributed by atoms with van der Waals surface area (Å²) in [5.41, 5.74) is 8.68. The summed E-state index contributed by atoms with van der Waals surface area (Å²) < 4.78 is 6.25. The van der Waals surface area contributed by atoms with E-state index in [0.717, 1.165) is 54.5 Å². The number of pyridine rings is 1. The van der Waals surface area contributed by atoms with Gasteiger partial charge in [-0.15, -0.1) is 0 Å². The molecule has 128 valence electrons. The second kappa shape index (κ2) is 7.20. The molecule has 3 rings (SSSR count). The number of hydrogen-bond donors (Lipinski definition) is 1. The second-order valence-corrected chi connectivity index (χ2v) is 6.81. The van der Waals surface area contributed by atoms with Crippen LogP contribution in [-0.2, 0) is 4.79 Å². The predicted molar refractivity (Wildman–Crippen MR) is 97.2 cm³/mol. The quantitative estimate of drug-likeness (QED) is 0.882. The van der Waals surface area contributed by atoms with Crippen molar-refractivity contribution in [1.82, 2.24) is 4.98 Å². The highest BCUT2D eigenvalue weighted by Gasteiger charge is 2.27. The van der Waals surface area contributed by atoms with Crippen LogP contribution in [0.25, 0.3) is 10.9 Å². The van der Waals surface area contributed by atoms with Gasteiger partial charge in [0.1, 0.15) is 11.5 Å². The van der Waals surface area contributed by atoms with E-state index in [2.05, 4.69) is 11.9 Å². The lowest BCUT2D eigenvalue weighted by atomic mass is 9.83. The fourth-order valence-electron chi connectivity index (χ4n) is 3.65. The molecule has 4 nitrogen and oxygen atoms in total. The highest BCUT2D eigenvalue weighted by atomic mass is 16.5. The van der Waals surface area contributed by atoms with E-state index in [9.17, 15) is 4.79 Å². The number of carbonyl (C=O) groups is 1. The fourth-order valence-corrected chi connectivity index (χ4v) is 3.65. The molecule has 0 spiro atoms. The molecule has 2 N–H and O–H groups in total. The summed E-state index contributed by atoms with van der Waals surface area (Å²) in [7, 11) is 0. The molecule has 0 saturated heterocycles. The number of benzene rings is 1. The molecule has 0 atom stereocenters. The first-order valence-electron chi connectivity index (χ1n) is 8.93. The molecular weight excluding hydrogens is 300 g/mol. The fraction of sp³-hybridized carbons (Fsp3) is 0.500. The third-order valence-corrected chi connectivity index (χ3v) is 4.87. The maximum Gasteiger partial charge on any atom is 0.135 e. The number of nitrogens with two attached hydrogens (primary N) is 1. The molecule has 1 aliphatic carbocycles. The van der Waals surface area contributed by atoms with E-state index in [4.69, 9.17) is 10.5 Å². The molecule has 1 heterocycles. The first-order valence-corrected chi connectivity index (χ1v) is 8.93. The van der Waals surface area contributed by atoms with E-state index in [1.807, 2.05) is 31.2 Å². The van der Waals surface area contributed by atoms with Gasteiger partial charge in [-0.3, -0.25) is 9.78 Å². The van der Waals surface area contributed by atoms with Gasteiger partial charge in [0.25, 0.3) is 0 Å². The van der Waals surface area contributed by atoms with Gasteiger partial charge in [-0.2, -0.15) is 0 Å². The molecular formula is C20H26N2O2. The van der Waals surface area contributed by atoms with Gasteiger partial charge in [0.2, 0.25) is 0 Å². The Morgan fingerprint density at radius 3 is 2.75 bits per heavy atom. The van der Waals surface area contributed by atoms with Crippen LogP contribution in [0.1, 0.15) is 51.1 Å². The zero-order valence-electron chi connectivity index (χ0n) is 14.5. The van der Waals surface area contributed by atoms with Gasteiger partial charge in [0, 0.05) is 23.7 Å². The maximum atomic E-state index is 12.0. The number of fused-ring (bicyclic) bond motifs is 1. The highest BCUT2D eigenvalue weighted by Crippen LogP contribution is 2.34. The Morgan fingerprint density at radius 2 is 2.04 bits per heavy atom. The number of ketones is 1. The minimum atomic E-state index is 0.155. The Hall–Kier alpha value is -2.10. The van der Waals surface area contributed by atoms with Crippen LogP contribution >= 0.6 is 0 Å². The van der Waals surface area contributed by atoms with Crippen LogP contribution in [0.15, 0.2) is 24.3 Å². The normalized spacial score (nSPS) is 20.9. The summed E-state index contributed by atoms with van der Waals surface area (Å²) in [5.74, 6) is 1.46. The van der Waals surface area contributed by atoms with Crippen molar-refractivity contribution in [2.45, 2.75) is 58.5 Å². The average Bonchev–Trinajstić information content (AvgIpc) is 2.55. The minimum Gasteiger partial charge on any atom is -0.490 e. The van der Waals surface area contributed by atoms with Crippen LogP contribution in [-0.4, -0.2) is 16.9 Å². The monoisotopic (exact) mass is 326 g/mol. The lowest BCUT2D eigenvalue weighted by molar-refractivity contribution is -0.124. The van der Waals surface area contributed by atoms with Crippen molar-refractivity contribution in [3.05, 3.63) is 30.0 Å². The lowest BCUT2D eigenvalue weighted by Gasteiger charge is -2.28. The van der Waals surface area contributed by atoms with Crippen LogP contribution < -0.4 is 10.5 Å². The zero-order chi connectivity index (χ0) is 17.1. The predicted octanol–water partition coefficient (Wildman–Crippen LogP) is 4.43. The molecule has 1 saturated carbocycles. The largest absolute Gasteiger partial charge is 0.490 e. The SMILES string of the molecule is CCCC(=O)C1CCC(Oc2cccc3nc(C)cc(N)c23)CC1. The van der Waals surface area contributed by atoms with Crippen molar-refractivity contribution in [2.75, 3.05) is 5.73 Å². The van der Waals surface area contributed by atoms with Gasteiger partial charge < -0.3 is 10.5 Å². The Labute approximate surface area is 143 Å². The van der Waals surface area contributed by atoms with Gasteiger partial charge in [-0.1, -0.05) is 13.0 Å². The Bertz CT molecular complexity index is 734. The van der Waals surface area contributed by atoms with Crippen molar-refractivity contribution >= 4 is 22.4 Å². The molecule has 1 aliphatic rings. The molecule has 0 amide bonds. The molecule has 0 aliphatic heterocycles. The molecule has 2 aromatic rings. The van der Waals surface area contributed by atoms with Crippen LogP contribution in [0, 0.1) is 12.8 Å².